The Morgan fingerprint density at radius 3 is 2.91 bits per heavy atom. The van der Waals surface area contributed by atoms with Gasteiger partial charge in [-0.15, -0.1) is 0 Å². The van der Waals surface area contributed by atoms with Gasteiger partial charge in [0.05, 0.1) is 0 Å². The van der Waals surface area contributed by atoms with Crippen LogP contribution in [0.15, 0.2) is 0 Å². The van der Waals surface area contributed by atoms with Crippen molar-refractivity contribution in [3.8, 4) is 0 Å². The second-order valence-corrected chi connectivity index (χ2v) is 3.98. The van der Waals surface area contributed by atoms with E-state index in [1.807, 2.05) is 0 Å². The lowest BCUT2D eigenvalue weighted by molar-refractivity contribution is 0.0973. The lowest BCUT2D eigenvalue weighted by Gasteiger charge is -2.41. The number of piperidine rings is 2. The van der Waals surface area contributed by atoms with Gasteiger partial charge in [0, 0.05) is 18.6 Å². The Morgan fingerprint density at radius 2 is 2.00 bits per heavy atom. The van der Waals surface area contributed by atoms with E-state index in [1.165, 1.54) is 38.6 Å². The molecule has 11 heavy (non-hydrogen) atoms. The molecule has 64 valence electrons. The molecule has 0 unspecified atom stereocenters. The summed E-state index contributed by atoms with van der Waals surface area (Å²) in [6, 6.07) is 1.35. The molecule has 0 aromatic rings. The molecule has 2 heteroatoms. The first kappa shape index (κ1) is 7.56. The largest absolute Gasteiger partial charge is 0.327 e. The van der Waals surface area contributed by atoms with Crippen LogP contribution in [0.2, 0.25) is 0 Å². The average Bonchev–Trinajstić information content (AvgIpc) is 2.04. The van der Waals surface area contributed by atoms with E-state index in [1.54, 1.807) is 0 Å². The molecule has 2 rings (SSSR count). The summed E-state index contributed by atoms with van der Waals surface area (Å²) in [5, 5.41) is 0. The van der Waals surface area contributed by atoms with Crippen LogP contribution in [0.25, 0.3) is 0 Å². The van der Waals surface area contributed by atoms with Crippen LogP contribution >= 0.6 is 0 Å². The van der Waals surface area contributed by atoms with Crippen molar-refractivity contribution in [1.29, 1.82) is 0 Å². The van der Waals surface area contributed by atoms with E-state index in [0.29, 0.717) is 6.04 Å². The Kier molecular flexibility index (Phi) is 2.14. The van der Waals surface area contributed by atoms with Crippen molar-refractivity contribution < 1.29 is 0 Å². The van der Waals surface area contributed by atoms with Crippen molar-refractivity contribution in [3.05, 3.63) is 0 Å². The van der Waals surface area contributed by atoms with Gasteiger partial charge in [0.2, 0.25) is 0 Å². The van der Waals surface area contributed by atoms with Crippen LogP contribution in [-0.2, 0) is 0 Å². The van der Waals surface area contributed by atoms with Crippen LogP contribution in [0.5, 0.6) is 0 Å². The van der Waals surface area contributed by atoms with Crippen LogP contribution in [-0.4, -0.2) is 30.1 Å². The Hall–Kier alpha value is -0.0800. The average molecular weight is 154 g/mol. The maximum atomic E-state index is 5.90. The summed E-state index contributed by atoms with van der Waals surface area (Å²) in [7, 11) is 0. The van der Waals surface area contributed by atoms with E-state index in [0.717, 1.165) is 12.6 Å². The van der Waals surface area contributed by atoms with E-state index in [9.17, 15) is 0 Å². The summed E-state index contributed by atoms with van der Waals surface area (Å²) < 4.78 is 0. The van der Waals surface area contributed by atoms with Gasteiger partial charge in [-0.25, -0.2) is 0 Å². The zero-order chi connectivity index (χ0) is 7.68. The van der Waals surface area contributed by atoms with Crippen molar-refractivity contribution in [2.24, 2.45) is 5.73 Å². The minimum Gasteiger partial charge on any atom is -0.327 e. The maximum absolute atomic E-state index is 5.90. The highest BCUT2D eigenvalue weighted by atomic mass is 15.2. The van der Waals surface area contributed by atoms with Gasteiger partial charge >= 0.3 is 0 Å². The summed E-state index contributed by atoms with van der Waals surface area (Å²) in [6.45, 7) is 2.46. The Labute approximate surface area is 68.7 Å². The van der Waals surface area contributed by atoms with Crippen molar-refractivity contribution >= 4 is 0 Å². The number of nitrogens with zero attached hydrogens (tertiary/aromatic N) is 1. The third kappa shape index (κ3) is 1.57. The SMILES string of the molecule is N[C@H]1CC[C@@H]2CCCCN2C1. The van der Waals surface area contributed by atoms with E-state index in [4.69, 9.17) is 5.73 Å². The van der Waals surface area contributed by atoms with E-state index in [2.05, 4.69) is 4.90 Å². The Balaban J connectivity index is 1.93. The fraction of sp³-hybridized carbons (Fsp3) is 1.00. The van der Waals surface area contributed by atoms with Crippen LogP contribution in [0.4, 0.5) is 0 Å². The highest BCUT2D eigenvalue weighted by molar-refractivity contribution is 4.85. The fourth-order valence-electron chi connectivity index (χ4n) is 2.43. The predicted octanol–water partition coefficient (Wildman–Crippen LogP) is 0.962. The first-order valence-electron chi connectivity index (χ1n) is 4.86. The topological polar surface area (TPSA) is 29.3 Å². The van der Waals surface area contributed by atoms with E-state index < -0.39 is 0 Å². The quantitative estimate of drug-likeness (QED) is 0.563. The fourth-order valence-corrected chi connectivity index (χ4v) is 2.43. The molecule has 0 saturated carbocycles. The summed E-state index contributed by atoms with van der Waals surface area (Å²) in [5.41, 5.74) is 5.90. The van der Waals surface area contributed by atoms with Gasteiger partial charge in [-0.3, -0.25) is 4.90 Å². The molecule has 2 aliphatic heterocycles. The van der Waals surface area contributed by atoms with Crippen molar-refractivity contribution in [2.75, 3.05) is 13.1 Å². The smallest absolute Gasteiger partial charge is 0.0168 e. The number of rotatable bonds is 0. The van der Waals surface area contributed by atoms with Crippen LogP contribution < -0.4 is 5.73 Å². The third-order valence-electron chi connectivity index (χ3n) is 3.09. The molecule has 0 aromatic heterocycles. The standard InChI is InChI=1S/C9H18N2/c10-8-4-5-9-3-1-2-6-11(9)7-8/h8-9H,1-7,10H2/t8-,9-/m0/s1. The monoisotopic (exact) mass is 154 g/mol. The normalized spacial score (nSPS) is 40.1. The van der Waals surface area contributed by atoms with E-state index >= 15 is 0 Å². The highest BCUT2D eigenvalue weighted by Crippen LogP contribution is 2.25. The second kappa shape index (κ2) is 3.11. The molecule has 0 aromatic carbocycles. The third-order valence-corrected chi connectivity index (χ3v) is 3.09. The minimum atomic E-state index is 0.462. The maximum Gasteiger partial charge on any atom is 0.0168 e. The van der Waals surface area contributed by atoms with Crippen LogP contribution in [0, 0.1) is 0 Å². The molecule has 2 fully saturated rings. The van der Waals surface area contributed by atoms with Gasteiger partial charge in [-0.2, -0.15) is 0 Å². The number of hydrogen-bond donors (Lipinski definition) is 1. The summed E-state index contributed by atoms with van der Waals surface area (Å²) >= 11 is 0. The Bertz CT molecular complexity index is 136. The number of fused-ring (bicyclic) bond motifs is 1. The molecule has 2 saturated heterocycles. The number of hydrogen-bond acceptors (Lipinski definition) is 2. The predicted molar refractivity (Wildman–Crippen MR) is 46.4 cm³/mol. The first-order valence-corrected chi connectivity index (χ1v) is 4.86. The molecule has 0 amide bonds. The second-order valence-electron chi connectivity index (χ2n) is 3.98. The molecule has 0 bridgehead atoms. The zero-order valence-electron chi connectivity index (χ0n) is 7.13. The van der Waals surface area contributed by atoms with Crippen LogP contribution in [0.1, 0.15) is 32.1 Å². The molecule has 2 heterocycles. The van der Waals surface area contributed by atoms with Crippen molar-refractivity contribution in [3.63, 3.8) is 0 Å². The van der Waals surface area contributed by atoms with Gasteiger partial charge in [0.15, 0.2) is 0 Å². The summed E-state index contributed by atoms with van der Waals surface area (Å²) in [5.74, 6) is 0. The van der Waals surface area contributed by atoms with Gasteiger partial charge in [-0.05, 0) is 32.2 Å². The number of nitrogens with two attached hydrogens (primary N) is 1. The molecular weight excluding hydrogens is 136 g/mol. The summed E-state index contributed by atoms with van der Waals surface area (Å²) in [6.07, 6.45) is 6.86. The van der Waals surface area contributed by atoms with Crippen LogP contribution in [0.3, 0.4) is 0 Å². The van der Waals surface area contributed by atoms with Crippen molar-refractivity contribution in [1.82, 2.24) is 4.90 Å². The molecular formula is C9H18N2. The van der Waals surface area contributed by atoms with Gasteiger partial charge in [0.25, 0.3) is 0 Å². The minimum absolute atomic E-state index is 0.462. The van der Waals surface area contributed by atoms with E-state index in [-0.39, 0.29) is 0 Å². The lowest BCUT2D eigenvalue weighted by Crippen LogP contribution is -2.50. The molecule has 0 radical (unpaired) electrons. The van der Waals surface area contributed by atoms with Crippen molar-refractivity contribution in [2.45, 2.75) is 44.2 Å². The molecule has 2 aliphatic rings. The van der Waals surface area contributed by atoms with Gasteiger partial charge in [0.1, 0.15) is 0 Å². The van der Waals surface area contributed by atoms with Gasteiger partial charge in [-0.1, -0.05) is 6.42 Å². The van der Waals surface area contributed by atoms with Gasteiger partial charge < -0.3 is 5.73 Å². The Morgan fingerprint density at radius 1 is 1.09 bits per heavy atom. The molecule has 0 aliphatic carbocycles. The zero-order valence-corrected chi connectivity index (χ0v) is 7.13. The molecule has 2 nitrogen and oxygen atoms in total. The molecule has 0 spiro atoms. The summed E-state index contributed by atoms with van der Waals surface area (Å²) in [4.78, 5) is 2.59. The highest BCUT2D eigenvalue weighted by Gasteiger charge is 2.27. The molecule has 2 N–H and O–H groups in total. The lowest BCUT2D eigenvalue weighted by atomic mass is 9.91. The molecule has 2 atom stereocenters. The first-order chi connectivity index (χ1) is 5.36.